The van der Waals surface area contributed by atoms with E-state index in [9.17, 15) is 15.2 Å². The normalized spacial score (nSPS) is 24.1. The van der Waals surface area contributed by atoms with Crippen molar-refractivity contribution < 1.29 is 28.2 Å². The van der Waals surface area contributed by atoms with Gasteiger partial charge >= 0.3 is 0 Å². The Kier molecular flexibility index (Phi) is 8.15. The number of aromatic nitrogens is 2. The van der Waals surface area contributed by atoms with Crippen molar-refractivity contribution in [2.24, 2.45) is 0 Å². The van der Waals surface area contributed by atoms with Crippen LogP contribution >= 0.6 is 11.6 Å². The van der Waals surface area contributed by atoms with Crippen LogP contribution in [0.5, 0.6) is 0 Å². The van der Waals surface area contributed by atoms with Crippen molar-refractivity contribution in [1.29, 1.82) is 5.26 Å². The van der Waals surface area contributed by atoms with Crippen LogP contribution < -0.4 is 5.32 Å². The Morgan fingerprint density at radius 2 is 1.95 bits per heavy atom. The second-order valence-corrected chi connectivity index (χ2v) is 11.9. The molecule has 4 heterocycles. The first-order valence-corrected chi connectivity index (χ1v) is 15.0. The Morgan fingerprint density at radius 3 is 2.57 bits per heavy atom. The molecule has 3 aliphatic rings. The molecule has 0 bridgehead atoms. The van der Waals surface area contributed by atoms with Crippen molar-refractivity contribution in [3.63, 3.8) is 0 Å². The predicted octanol–water partition coefficient (Wildman–Crippen LogP) is 4.49. The molecule has 1 aromatic heterocycles. The van der Waals surface area contributed by atoms with E-state index in [1.807, 2.05) is 6.07 Å². The van der Waals surface area contributed by atoms with Gasteiger partial charge in [0.15, 0.2) is 0 Å². The van der Waals surface area contributed by atoms with Gasteiger partial charge < -0.3 is 19.9 Å². The smallest absolute Gasteiger partial charge is 0.257 e. The van der Waals surface area contributed by atoms with Crippen LogP contribution in [0, 0.1) is 17.1 Å². The lowest BCUT2D eigenvalue weighted by molar-refractivity contribution is -0.149. The highest BCUT2D eigenvalue weighted by atomic mass is 35.5. The molecule has 6 rings (SSSR count). The molecule has 3 aliphatic heterocycles. The molecule has 3 aromatic rings. The van der Waals surface area contributed by atoms with Crippen molar-refractivity contribution in [3.8, 4) is 6.07 Å². The Hall–Kier alpha value is -3.53. The van der Waals surface area contributed by atoms with E-state index in [-0.39, 0.29) is 60.5 Å². The summed E-state index contributed by atoms with van der Waals surface area (Å²) < 4.78 is 45.5. The van der Waals surface area contributed by atoms with Gasteiger partial charge in [-0.05, 0) is 68.6 Å². The van der Waals surface area contributed by atoms with E-state index in [0.29, 0.717) is 36.7 Å². The fourth-order valence-corrected chi connectivity index (χ4v) is 6.76. The maximum atomic E-state index is 16.8. The summed E-state index contributed by atoms with van der Waals surface area (Å²) in [4.78, 5) is 24.3. The largest absolute Gasteiger partial charge is 0.382 e. The molecule has 12 heteroatoms. The minimum Gasteiger partial charge on any atom is -0.382 e. The first-order chi connectivity index (χ1) is 21.1. The molecule has 2 fully saturated rings. The number of carbonyl (C=O) groups is 1. The molecule has 2 N–H and O–H groups in total. The third-order valence-electron chi connectivity index (χ3n) is 9.01. The quantitative estimate of drug-likeness (QED) is 0.377. The molecule has 2 aromatic carbocycles. The van der Waals surface area contributed by atoms with Gasteiger partial charge in [-0.25, -0.2) is 18.7 Å². The number of benzene rings is 2. The van der Waals surface area contributed by atoms with Gasteiger partial charge in [0.25, 0.3) is 5.91 Å². The summed E-state index contributed by atoms with van der Waals surface area (Å²) in [5, 5.41) is 24.6. The van der Waals surface area contributed by atoms with Gasteiger partial charge in [0.2, 0.25) is 5.72 Å². The third-order valence-corrected chi connectivity index (χ3v) is 9.26. The van der Waals surface area contributed by atoms with Gasteiger partial charge in [0.1, 0.15) is 29.0 Å². The number of halogens is 3. The van der Waals surface area contributed by atoms with Crippen molar-refractivity contribution in [2.45, 2.75) is 62.3 Å². The molecular formula is C32H32ClF2N5O4. The number of alkyl halides is 1. The number of piperidine rings is 1. The number of hydrogen-bond acceptors (Lipinski definition) is 8. The van der Waals surface area contributed by atoms with E-state index in [0.717, 1.165) is 6.07 Å². The number of nitrogens with zero attached hydrogens (tertiary/aromatic N) is 4. The Bertz CT molecular complexity index is 1590. The van der Waals surface area contributed by atoms with E-state index in [2.05, 4.69) is 15.3 Å². The molecular weight excluding hydrogens is 592 g/mol. The summed E-state index contributed by atoms with van der Waals surface area (Å²) in [6, 6.07) is 11.1. The molecule has 3 atom stereocenters. The fraction of sp³-hybridized carbons (Fsp3) is 0.438. The number of rotatable bonds is 8. The monoisotopic (exact) mass is 623 g/mol. The molecule has 1 unspecified atom stereocenters. The van der Waals surface area contributed by atoms with Crippen molar-refractivity contribution in [3.05, 3.63) is 93.3 Å². The summed E-state index contributed by atoms with van der Waals surface area (Å²) in [6.45, 7) is 2.82. The van der Waals surface area contributed by atoms with Crippen LogP contribution in [0.3, 0.4) is 0 Å². The average Bonchev–Trinajstić information content (AvgIpc) is 3.63. The standard InChI is InChI=1S/C32H32ClF2N5O4/c1-2-31(42,30(35)8-10-37-11-9-30)22-13-25-28(26(34)14-22)32(44-24-7-12-43-19-24,21-3-5-23(33)6-4-21)40(29(25)41)18-27-38-16-20(15-36)17-39-27/h3-6,13-14,16-17,24,37,42H,2,7-12,18-19H2,1H3/t24-,31?,32+/m0/s1. The fourth-order valence-electron chi connectivity index (χ4n) is 6.63. The Balaban J connectivity index is 1.56. The van der Waals surface area contributed by atoms with Gasteiger partial charge in [0.05, 0.1) is 35.9 Å². The predicted molar refractivity (Wildman–Crippen MR) is 156 cm³/mol. The van der Waals surface area contributed by atoms with E-state index >= 15 is 8.78 Å². The summed E-state index contributed by atoms with van der Waals surface area (Å²) in [6.07, 6.45) is 2.73. The third kappa shape index (κ3) is 4.95. The molecule has 1 amide bonds. The SMILES string of the molecule is CCC(O)(c1cc(F)c2c(c1)C(=O)N(Cc1ncc(C#N)cn1)[C@@]2(O[C@H]1CCOC1)c1ccc(Cl)cc1)C1(F)CCNCC1. The van der Waals surface area contributed by atoms with Crippen LogP contribution in [-0.4, -0.2) is 64.0 Å². The number of nitriles is 1. The van der Waals surface area contributed by atoms with Crippen LogP contribution in [0.25, 0.3) is 0 Å². The first kappa shape index (κ1) is 30.5. The highest BCUT2D eigenvalue weighted by Gasteiger charge is 2.58. The van der Waals surface area contributed by atoms with Crippen LogP contribution in [0.4, 0.5) is 8.78 Å². The van der Waals surface area contributed by atoms with Crippen LogP contribution in [-0.2, 0) is 27.3 Å². The van der Waals surface area contributed by atoms with Gasteiger partial charge in [-0.3, -0.25) is 9.69 Å². The summed E-state index contributed by atoms with van der Waals surface area (Å²) in [5.41, 5.74) is -5.36. The van der Waals surface area contributed by atoms with Crippen LogP contribution in [0.2, 0.25) is 5.02 Å². The van der Waals surface area contributed by atoms with Crippen molar-refractivity contribution in [2.75, 3.05) is 26.3 Å². The molecule has 0 spiro atoms. The zero-order valence-corrected chi connectivity index (χ0v) is 24.9. The topological polar surface area (TPSA) is 121 Å². The molecule has 9 nitrogen and oxygen atoms in total. The zero-order valence-electron chi connectivity index (χ0n) is 24.2. The molecule has 0 radical (unpaired) electrons. The maximum absolute atomic E-state index is 16.8. The number of ether oxygens (including phenoxy) is 2. The second kappa shape index (κ2) is 11.8. The van der Waals surface area contributed by atoms with Crippen molar-refractivity contribution >= 4 is 17.5 Å². The summed E-state index contributed by atoms with van der Waals surface area (Å²) >= 11 is 6.23. The van der Waals surface area contributed by atoms with E-state index in [1.54, 1.807) is 31.2 Å². The lowest BCUT2D eigenvalue weighted by atomic mass is 9.71. The van der Waals surface area contributed by atoms with Gasteiger partial charge in [0, 0.05) is 29.6 Å². The minimum atomic E-state index is -2.04. The number of aliphatic hydroxyl groups is 1. The molecule has 230 valence electrons. The van der Waals surface area contributed by atoms with Gasteiger partial charge in [-0.2, -0.15) is 5.26 Å². The van der Waals surface area contributed by atoms with Gasteiger partial charge in [-0.1, -0.05) is 30.7 Å². The average molecular weight is 624 g/mol. The van der Waals surface area contributed by atoms with Gasteiger partial charge in [-0.15, -0.1) is 0 Å². The summed E-state index contributed by atoms with van der Waals surface area (Å²) in [5.74, 6) is -1.25. The molecule has 44 heavy (non-hydrogen) atoms. The highest BCUT2D eigenvalue weighted by Crippen LogP contribution is 2.51. The summed E-state index contributed by atoms with van der Waals surface area (Å²) in [7, 11) is 0. The van der Waals surface area contributed by atoms with E-state index < -0.39 is 34.8 Å². The maximum Gasteiger partial charge on any atom is 0.257 e. The van der Waals surface area contributed by atoms with E-state index in [4.69, 9.17) is 21.1 Å². The van der Waals surface area contributed by atoms with Crippen molar-refractivity contribution in [1.82, 2.24) is 20.2 Å². The Labute approximate surface area is 258 Å². The number of carbonyl (C=O) groups excluding carboxylic acids is 1. The first-order valence-electron chi connectivity index (χ1n) is 14.7. The molecule has 0 aliphatic carbocycles. The Morgan fingerprint density at radius 1 is 1.25 bits per heavy atom. The lowest BCUT2D eigenvalue weighted by Gasteiger charge is -2.44. The van der Waals surface area contributed by atoms with E-state index in [1.165, 1.54) is 23.4 Å². The highest BCUT2D eigenvalue weighted by molar-refractivity contribution is 6.30. The number of fused-ring (bicyclic) bond motifs is 1. The van der Waals surface area contributed by atoms with Crippen LogP contribution in [0.1, 0.15) is 71.0 Å². The molecule has 2 saturated heterocycles. The second-order valence-electron chi connectivity index (χ2n) is 11.5. The zero-order chi connectivity index (χ0) is 31.1. The minimum absolute atomic E-state index is 0.0142. The number of amides is 1. The lowest BCUT2D eigenvalue weighted by Crippen LogP contribution is -2.54. The number of nitrogens with one attached hydrogen (secondary N) is 1. The van der Waals surface area contributed by atoms with Crippen LogP contribution in [0.15, 0.2) is 48.8 Å². The molecule has 0 saturated carbocycles. The number of hydrogen-bond donors (Lipinski definition) is 2.